The summed E-state index contributed by atoms with van der Waals surface area (Å²) in [5.74, 6) is -1.68. The Labute approximate surface area is 223 Å². The van der Waals surface area contributed by atoms with Gasteiger partial charge in [-0.05, 0) is 48.4 Å². The van der Waals surface area contributed by atoms with E-state index in [1.54, 1.807) is 7.11 Å². The third kappa shape index (κ3) is 8.08. The van der Waals surface area contributed by atoms with Crippen molar-refractivity contribution < 1.29 is 37.1 Å². The molecule has 0 aliphatic rings. The summed E-state index contributed by atoms with van der Waals surface area (Å²) in [6.45, 7) is -0.0829. The van der Waals surface area contributed by atoms with E-state index in [4.69, 9.17) is 15.2 Å². The third-order valence-corrected chi connectivity index (χ3v) is 6.50. The third-order valence-electron chi connectivity index (χ3n) is 5.15. The van der Waals surface area contributed by atoms with Crippen molar-refractivity contribution in [1.29, 1.82) is 0 Å². The van der Waals surface area contributed by atoms with Crippen LogP contribution in [0.2, 0.25) is 0 Å². The number of nitrogens with one attached hydrogen (secondary N) is 3. The number of imide groups is 1. The number of nitrogens with two attached hydrogens (primary N) is 1. The van der Waals surface area contributed by atoms with Crippen molar-refractivity contribution in [3.63, 3.8) is 0 Å². The molecule has 0 saturated carbocycles. The number of carbonyl (C=O) groups excluding carboxylic acids is 4. The number of benzene rings is 2. The van der Waals surface area contributed by atoms with Crippen LogP contribution in [0.15, 0.2) is 71.8 Å². The van der Waals surface area contributed by atoms with Crippen LogP contribution in [-0.4, -0.2) is 57.4 Å². The van der Waals surface area contributed by atoms with Crippen molar-refractivity contribution >= 4 is 33.8 Å². The molecule has 0 radical (unpaired) electrons. The first kappa shape index (κ1) is 28.7. The average molecular weight is 556 g/mol. The van der Waals surface area contributed by atoms with Crippen LogP contribution >= 0.6 is 0 Å². The van der Waals surface area contributed by atoms with E-state index in [1.807, 2.05) is 34.3 Å². The molecule has 5 N–H and O–H groups in total. The summed E-state index contributed by atoms with van der Waals surface area (Å²) >= 11 is 0. The van der Waals surface area contributed by atoms with Crippen molar-refractivity contribution in [3.05, 3.63) is 83.6 Å². The number of ether oxygens (including phenoxy) is 2. The van der Waals surface area contributed by atoms with E-state index in [0.29, 0.717) is 18.7 Å². The fraction of sp³-hybridized carbons (Fsp3) is 0.160. The lowest BCUT2D eigenvalue weighted by atomic mass is 10.1. The van der Waals surface area contributed by atoms with Crippen LogP contribution in [0.3, 0.4) is 0 Å². The fourth-order valence-corrected chi connectivity index (χ4v) is 4.18. The van der Waals surface area contributed by atoms with Gasteiger partial charge in [-0.1, -0.05) is 18.2 Å². The number of hydrogen-bond acceptors (Lipinski definition) is 10. The SMILES string of the molecule is COc1ccccc1CCNC(=O)c1ccc(S(=O)(=O)NC(=O)c2ccc(OC(=O)NC(=O)CN)nc2)cc1. The molecular weight excluding hydrogens is 530 g/mol. The molecule has 0 bridgehead atoms. The van der Waals surface area contributed by atoms with Gasteiger partial charge in [0.15, 0.2) is 0 Å². The maximum Gasteiger partial charge on any atom is 0.420 e. The zero-order chi connectivity index (χ0) is 28.4. The quantitative estimate of drug-likeness (QED) is 0.277. The molecule has 1 heterocycles. The van der Waals surface area contributed by atoms with Gasteiger partial charge in [-0.2, -0.15) is 0 Å². The standard InChI is InChI=1S/C25H25N5O8S/c1-37-20-5-3-2-4-16(20)12-13-27-23(32)17-6-9-19(10-7-17)39(35,36)30-24(33)18-8-11-22(28-15-18)38-25(34)29-21(31)14-26/h2-11,15H,12-14,26H2,1H3,(H,27,32)(H,30,33)(H,29,31,34). The number of sulfonamides is 1. The normalized spacial score (nSPS) is 10.7. The molecule has 39 heavy (non-hydrogen) atoms. The van der Waals surface area contributed by atoms with Gasteiger partial charge in [-0.3, -0.25) is 19.7 Å². The zero-order valence-electron chi connectivity index (χ0n) is 20.7. The molecule has 0 fully saturated rings. The van der Waals surface area contributed by atoms with Crippen LogP contribution in [-0.2, 0) is 21.2 Å². The second-order valence-electron chi connectivity index (χ2n) is 7.80. The highest BCUT2D eigenvalue weighted by Crippen LogP contribution is 2.17. The van der Waals surface area contributed by atoms with E-state index in [-0.39, 0.29) is 21.9 Å². The van der Waals surface area contributed by atoms with E-state index < -0.39 is 40.4 Å². The van der Waals surface area contributed by atoms with Crippen LogP contribution in [0.5, 0.6) is 11.6 Å². The van der Waals surface area contributed by atoms with Gasteiger partial charge in [0, 0.05) is 24.4 Å². The Bertz CT molecular complexity index is 1460. The lowest BCUT2D eigenvalue weighted by Gasteiger charge is -2.10. The minimum absolute atomic E-state index is 0.143. The van der Waals surface area contributed by atoms with Crippen molar-refractivity contribution in [1.82, 2.24) is 20.3 Å². The number of pyridine rings is 1. The number of methoxy groups -OCH3 is 1. The van der Waals surface area contributed by atoms with E-state index >= 15 is 0 Å². The Morgan fingerprint density at radius 3 is 2.26 bits per heavy atom. The van der Waals surface area contributed by atoms with Gasteiger partial charge < -0.3 is 20.5 Å². The van der Waals surface area contributed by atoms with Crippen LogP contribution in [0.25, 0.3) is 0 Å². The molecule has 0 atom stereocenters. The summed E-state index contributed by atoms with van der Waals surface area (Å²) in [4.78, 5) is 50.9. The fourth-order valence-electron chi connectivity index (χ4n) is 3.21. The summed E-state index contributed by atoms with van der Waals surface area (Å²) < 4.78 is 37.2. The monoisotopic (exact) mass is 555 g/mol. The van der Waals surface area contributed by atoms with Crippen LogP contribution in [0.4, 0.5) is 4.79 Å². The molecule has 0 aliphatic heterocycles. The Balaban J connectivity index is 1.55. The van der Waals surface area contributed by atoms with Gasteiger partial charge in [-0.15, -0.1) is 0 Å². The highest BCUT2D eigenvalue weighted by atomic mass is 32.2. The highest BCUT2D eigenvalue weighted by molar-refractivity contribution is 7.90. The molecule has 1 aromatic heterocycles. The van der Waals surface area contributed by atoms with Crippen LogP contribution < -0.4 is 30.6 Å². The largest absolute Gasteiger partial charge is 0.496 e. The van der Waals surface area contributed by atoms with E-state index in [1.165, 1.54) is 30.3 Å². The van der Waals surface area contributed by atoms with Gasteiger partial charge >= 0.3 is 6.09 Å². The first-order chi connectivity index (χ1) is 18.6. The number of nitrogens with zero attached hydrogens (tertiary/aromatic N) is 1. The minimum Gasteiger partial charge on any atom is -0.496 e. The molecule has 4 amide bonds. The van der Waals surface area contributed by atoms with Gasteiger partial charge in [-0.25, -0.2) is 22.9 Å². The predicted octanol–water partition coefficient (Wildman–Crippen LogP) is 0.755. The van der Waals surface area contributed by atoms with Crippen molar-refractivity contribution in [3.8, 4) is 11.6 Å². The second-order valence-corrected chi connectivity index (χ2v) is 9.49. The molecule has 2 aromatic carbocycles. The molecule has 0 unspecified atom stereocenters. The maximum absolute atomic E-state index is 12.6. The summed E-state index contributed by atoms with van der Waals surface area (Å²) in [7, 11) is -2.71. The lowest BCUT2D eigenvalue weighted by molar-refractivity contribution is -0.118. The molecule has 0 aliphatic carbocycles. The number of carbonyl (C=O) groups is 4. The smallest absolute Gasteiger partial charge is 0.420 e. The molecular formula is C25H25N5O8S. The number of para-hydroxylation sites is 1. The lowest BCUT2D eigenvalue weighted by Crippen LogP contribution is -2.37. The second kappa shape index (κ2) is 13.1. The summed E-state index contributed by atoms with van der Waals surface area (Å²) in [6, 6.07) is 14.8. The summed E-state index contributed by atoms with van der Waals surface area (Å²) in [5, 5.41) is 4.60. The molecule has 0 saturated heterocycles. The van der Waals surface area contributed by atoms with Crippen molar-refractivity contribution in [2.75, 3.05) is 20.2 Å². The number of rotatable bonds is 10. The van der Waals surface area contributed by atoms with E-state index in [2.05, 4.69) is 10.3 Å². The molecule has 13 nitrogen and oxygen atoms in total. The van der Waals surface area contributed by atoms with Crippen molar-refractivity contribution in [2.24, 2.45) is 5.73 Å². The first-order valence-electron chi connectivity index (χ1n) is 11.4. The zero-order valence-corrected chi connectivity index (χ0v) is 21.5. The number of hydrogen-bond donors (Lipinski definition) is 4. The minimum atomic E-state index is -4.27. The predicted molar refractivity (Wildman–Crippen MR) is 138 cm³/mol. The Morgan fingerprint density at radius 2 is 1.62 bits per heavy atom. The molecule has 3 aromatic rings. The molecule has 204 valence electrons. The van der Waals surface area contributed by atoms with E-state index in [0.717, 1.165) is 17.8 Å². The Kier molecular flexibility index (Phi) is 9.67. The van der Waals surface area contributed by atoms with Crippen LogP contribution in [0, 0.1) is 0 Å². The van der Waals surface area contributed by atoms with Gasteiger partial charge in [0.05, 0.1) is 24.1 Å². The Morgan fingerprint density at radius 1 is 0.923 bits per heavy atom. The highest BCUT2D eigenvalue weighted by Gasteiger charge is 2.20. The molecule has 14 heteroatoms. The van der Waals surface area contributed by atoms with Gasteiger partial charge in [0.1, 0.15) is 5.75 Å². The number of amides is 4. The average Bonchev–Trinajstić information content (AvgIpc) is 2.93. The summed E-state index contributed by atoms with van der Waals surface area (Å²) in [5.41, 5.74) is 6.09. The number of aromatic nitrogens is 1. The topological polar surface area (TPSA) is 196 Å². The van der Waals surface area contributed by atoms with Gasteiger partial charge in [0.2, 0.25) is 11.8 Å². The van der Waals surface area contributed by atoms with Crippen LogP contribution in [0.1, 0.15) is 26.3 Å². The molecule has 0 spiro atoms. The maximum atomic E-state index is 12.6. The first-order valence-corrected chi connectivity index (χ1v) is 12.9. The van der Waals surface area contributed by atoms with Gasteiger partial charge in [0.25, 0.3) is 21.8 Å². The Hall–Kier alpha value is -4.82. The van der Waals surface area contributed by atoms with E-state index in [9.17, 15) is 27.6 Å². The van der Waals surface area contributed by atoms with Crippen molar-refractivity contribution in [2.45, 2.75) is 11.3 Å². The molecule has 3 rings (SSSR count). The summed E-state index contributed by atoms with van der Waals surface area (Å²) in [6.07, 6.45) is 0.403.